The van der Waals surface area contributed by atoms with Crippen LogP contribution in [-0.4, -0.2) is 33.7 Å². The molecule has 0 aliphatic carbocycles. The van der Waals surface area contributed by atoms with Crippen molar-refractivity contribution in [2.24, 2.45) is 0 Å². The molecule has 118 valence electrons. The van der Waals surface area contributed by atoms with Gasteiger partial charge in [0.15, 0.2) is 0 Å². The quantitative estimate of drug-likeness (QED) is 0.831. The zero-order valence-corrected chi connectivity index (χ0v) is 13.1. The zero-order valence-electron chi connectivity index (χ0n) is 13.1. The van der Waals surface area contributed by atoms with Crippen LogP contribution in [-0.2, 0) is 22.6 Å². The van der Waals surface area contributed by atoms with E-state index in [4.69, 9.17) is 4.74 Å². The molecule has 0 aliphatic heterocycles. The SMILES string of the molecule is CCNC(=O)CCn1cncc1CNC(=O)OC(C)(C)C. The molecule has 1 rings (SSSR count). The number of hydrogen-bond donors (Lipinski definition) is 2. The van der Waals surface area contributed by atoms with Crippen molar-refractivity contribution in [3.63, 3.8) is 0 Å². The molecular formula is C14H24N4O3. The molecule has 0 unspecified atom stereocenters. The van der Waals surface area contributed by atoms with E-state index in [9.17, 15) is 9.59 Å². The third-order valence-corrected chi connectivity index (χ3v) is 2.56. The second-order valence-electron chi connectivity index (χ2n) is 5.64. The highest BCUT2D eigenvalue weighted by molar-refractivity contribution is 5.75. The maximum absolute atomic E-state index is 11.6. The number of imidazole rings is 1. The van der Waals surface area contributed by atoms with Crippen molar-refractivity contribution < 1.29 is 14.3 Å². The van der Waals surface area contributed by atoms with Gasteiger partial charge in [0.25, 0.3) is 0 Å². The lowest BCUT2D eigenvalue weighted by Crippen LogP contribution is -2.32. The molecule has 0 fully saturated rings. The van der Waals surface area contributed by atoms with E-state index in [-0.39, 0.29) is 5.91 Å². The van der Waals surface area contributed by atoms with Crippen molar-refractivity contribution in [2.45, 2.75) is 52.8 Å². The van der Waals surface area contributed by atoms with Crippen molar-refractivity contribution >= 4 is 12.0 Å². The summed E-state index contributed by atoms with van der Waals surface area (Å²) in [5, 5.41) is 5.41. The van der Waals surface area contributed by atoms with Crippen LogP contribution < -0.4 is 10.6 Å². The first-order valence-electron chi connectivity index (χ1n) is 7.04. The molecule has 0 saturated heterocycles. The third-order valence-electron chi connectivity index (χ3n) is 2.56. The summed E-state index contributed by atoms with van der Waals surface area (Å²) in [6, 6.07) is 0. The number of rotatable bonds is 6. The van der Waals surface area contributed by atoms with Gasteiger partial charge in [0.05, 0.1) is 18.6 Å². The van der Waals surface area contributed by atoms with E-state index in [0.29, 0.717) is 26.1 Å². The Morgan fingerprint density at radius 1 is 1.33 bits per heavy atom. The van der Waals surface area contributed by atoms with Gasteiger partial charge < -0.3 is 19.9 Å². The molecule has 0 atom stereocenters. The van der Waals surface area contributed by atoms with Crippen molar-refractivity contribution in [3.8, 4) is 0 Å². The Morgan fingerprint density at radius 3 is 2.67 bits per heavy atom. The summed E-state index contributed by atoms with van der Waals surface area (Å²) in [5.74, 6) is -0.00254. The Balaban J connectivity index is 2.45. The lowest BCUT2D eigenvalue weighted by molar-refractivity contribution is -0.121. The van der Waals surface area contributed by atoms with Gasteiger partial charge in [-0.15, -0.1) is 0 Å². The topological polar surface area (TPSA) is 85.3 Å². The highest BCUT2D eigenvalue weighted by Crippen LogP contribution is 2.07. The van der Waals surface area contributed by atoms with Gasteiger partial charge in [-0.3, -0.25) is 4.79 Å². The first-order valence-corrected chi connectivity index (χ1v) is 7.04. The van der Waals surface area contributed by atoms with Gasteiger partial charge in [-0.2, -0.15) is 0 Å². The number of amides is 2. The van der Waals surface area contributed by atoms with E-state index in [1.165, 1.54) is 0 Å². The van der Waals surface area contributed by atoms with Crippen LogP contribution in [0.3, 0.4) is 0 Å². The number of nitrogens with zero attached hydrogens (tertiary/aromatic N) is 2. The van der Waals surface area contributed by atoms with Crippen molar-refractivity contribution in [3.05, 3.63) is 18.2 Å². The Kier molecular flexibility index (Phi) is 6.20. The van der Waals surface area contributed by atoms with Gasteiger partial charge >= 0.3 is 6.09 Å². The number of carbonyl (C=O) groups excluding carboxylic acids is 2. The van der Waals surface area contributed by atoms with Crippen LogP contribution in [0.25, 0.3) is 0 Å². The van der Waals surface area contributed by atoms with Crippen LogP contribution in [0.1, 0.15) is 39.8 Å². The van der Waals surface area contributed by atoms with Crippen molar-refractivity contribution in [2.75, 3.05) is 6.54 Å². The number of aromatic nitrogens is 2. The summed E-state index contributed by atoms with van der Waals surface area (Å²) in [4.78, 5) is 27.1. The van der Waals surface area contributed by atoms with Gasteiger partial charge in [-0.25, -0.2) is 9.78 Å². The first kappa shape index (κ1) is 17.0. The maximum Gasteiger partial charge on any atom is 0.407 e. The number of carbonyl (C=O) groups is 2. The average Bonchev–Trinajstić information content (AvgIpc) is 2.79. The van der Waals surface area contributed by atoms with Crippen LogP contribution in [0.15, 0.2) is 12.5 Å². The number of hydrogen-bond acceptors (Lipinski definition) is 4. The molecule has 1 heterocycles. The summed E-state index contributed by atoms with van der Waals surface area (Å²) in [6.07, 6.45) is 3.21. The fraction of sp³-hybridized carbons (Fsp3) is 0.643. The second-order valence-corrected chi connectivity index (χ2v) is 5.64. The van der Waals surface area contributed by atoms with E-state index < -0.39 is 11.7 Å². The standard InChI is InChI=1S/C14H24N4O3/c1-5-16-12(19)6-7-18-10-15-8-11(18)9-17-13(20)21-14(2,3)4/h8,10H,5-7,9H2,1-4H3,(H,16,19)(H,17,20). The summed E-state index contributed by atoms with van der Waals surface area (Å²) >= 11 is 0. The molecule has 0 saturated carbocycles. The molecular weight excluding hydrogens is 272 g/mol. The Bertz CT molecular complexity index is 477. The number of ether oxygens (including phenoxy) is 1. The van der Waals surface area contributed by atoms with Crippen molar-refractivity contribution in [1.82, 2.24) is 20.2 Å². The molecule has 0 aromatic carbocycles. The minimum Gasteiger partial charge on any atom is -0.444 e. The molecule has 1 aromatic heterocycles. The number of aryl methyl sites for hydroxylation is 1. The molecule has 7 nitrogen and oxygen atoms in total. The number of nitrogens with one attached hydrogen (secondary N) is 2. The molecule has 2 amide bonds. The minimum atomic E-state index is -0.525. The lowest BCUT2D eigenvalue weighted by Gasteiger charge is -2.19. The van der Waals surface area contributed by atoms with Gasteiger partial charge in [0.1, 0.15) is 5.60 Å². The average molecular weight is 296 g/mol. The van der Waals surface area contributed by atoms with Crippen LogP contribution in [0, 0.1) is 0 Å². The van der Waals surface area contributed by atoms with E-state index in [2.05, 4.69) is 15.6 Å². The van der Waals surface area contributed by atoms with E-state index in [0.717, 1.165) is 5.69 Å². The molecule has 0 bridgehead atoms. The fourth-order valence-corrected chi connectivity index (χ4v) is 1.68. The molecule has 7 heteroatoms. The predicted octanol–water partition coefficient (Wildman–Crippen LogP) is 1.43. The molecule has 0 radical (unpaired) electrons. The highest BCUT2D eigenvalue weighted by Gasteiger charge is 2.16. The highest BCUT2D eigenvalue weighted by atomic mass is 16.6. The van der Waals surface area contributed by atoms with E-state index in [1.54, 1.807) is 12.5 Å². The Labute approximate surface area is 125 Å². The third kappa shape index (κ3) is 6.78. The number of alkyl carbamates (subject to hydrolysis) is 1. The smallest absolute Gasteiger partial charge is 0.407 e. The van der Waals surface area contributed by atoms with Gasteiger partial charge in [0, 0.05) is 25.7 Å². The predicted molar refractivity (Wildman–Crippen MR) is 78.6 cm³/mol. The summed E-state index contributed by atoms with van der Waals surface area (Å²) in [7, 11) is 0. The largest absolute Gasteiger partial charge is 0.444 e. The van der Waals surface area contributed by atoms with Gasteiger partial charge in [0.2, 0.25) is 5.91 Å². The summed E-state index contributed by atoms with van der Waals surface area (Å²) in [5.41, 5.74) is 0.299. The van der Waals surface area contributed by atoms with E-state index >= 15 is 0 Å². The molecule has 2 N–H and O–H groups in total. The van der Waals surface area contributed by atoms with Crippen LogP contribution in [0.2, 0.25) is 0 Å². The lowest BCUT2D eigenvalue weighted by atomic mass is 10.2. The zero-order chi connectivity index (χ0) is 15.9. The van der Waals surface area contributed by atoms with E-state index in [1.807, 2.05) is 32.3 Å². The van der Waals surface area contributed by atoms with Gasteiger partial charge in [-0.05, 0) is 27.7 Å². The van der Waals surface area contributed by atoms with Crippen LogP contribution in [0.5, 0.6) is 0 Å². The summed E-state index contributed by atoms with van der Waals surface area (Å²) in [6.45, 7) is 8.76. The monoisotopic (exact) mass is 296 g/mol. The fourth-order valence-electron chi connectivity index (χ4n) is 1.68. The molecule has 0 spiro atoms. The Morgan fingerprint density at radius 2 is 2.05 bits per heavy atom. The molecule has 0 aliphatic rings. The maximum atomic E-state index is 11.6. The minimum absolute atomic E-state index is 0.00254. The summed E-state index contributed by atoms with van der Waals surface area (Å²) < 4.78 is 7.00. The van der Waals surface area contributed by atoms with Crippen LogP contribution >= 0.6 is 0 Å². The van der Waals surface area contributed by atoms with Crippen molar-refractivity contribution in [1.29, 1.82) is 0 Å². The first-order chi connectivity index (χ1) is 9.81. The molecule has 21 heavy (non-hydrogen) atoms. The molecule has 1 aromatic rings. The normalized spacial score (nSPS) is 11.0. The van der Waals surface area contributed by atoms with Crippen LogP contribution in [0.4, 0.5) is 4.79 Å². The second kappa shape index (κ2) is 7.66. The Hall–Kier alpha value is -2.05. The van der Waals surface area contributed by atoms with Gasteiger partial charge in [-0.1, -0.05) is 0 Å².